The molecule has 1 aliphatic heterocycles. The van der Waals surface area contributed by atoms with Crippen LogP contribution in [0, 0.1) is 12.8 Å². The Bertz CT molecular complexity index is 1060. The second-order valence-electron chi connectivity index (χ2n) is 7.14. The number of rotatable bonds is 5. The zero-order valence-electron chi connectivity index (χ0n) is 16.4. The molecule has 2 aromatic carbocycles. The van der Waals surface area contributed by atoms with Gasteiger partial charge < -0.3 is 14.7 Å². The van der Waals surface area contributed by atoms with E-state index in [4.69, 9.17) is 4.52 Å². The zero-order valence-corrected chi connectivity index (χ0v) is 16.4. The Hall–Kier alpha value is -3.48. The van der Waals surface area contributed by atoms with Crippen LogP contribution in [0.4, 0.5) is 11.4 Å². The van der Waals surface area contributed by atoms with Crippen LogP contribution in [0.15, 0.2) is 53.1 Å². The second-order valence-corrected chi connectivity index (χ2v) is 7.14. The first-order valence-corrected chi connectivity index (χ1v) is 9.64. The van der Waals surface area contributed by atoms with Crippen molar-refractivity contribution in [1.29, 1.82) is 0 Å². The van der Waals surface area contributed by atoms with E-state index in [1.165, 1.54) is 0 Å². The summed E-state index contributed by atoms with van der Waals surface area (Å²) < 4.78 is 5.03. The summed E-state index contributed by atoms with van der Waals surface area (Å²) in [6, 6.07) is 15.2. The highest BCUT2D eigenvalue weighted by atomic mass is 16.5. The number of aryl methyl sites for hydroxylation is 2. The first-order valence-electron chi connectivity index (χ1n) is 9.64. The quantitative estimate of drug-likeness (QED) is 0.719. The van der Waals surface area contributed by atoms with Crippen molar-refractivity contribution in [2.24, 2.45) is 5.92 Å². The highest BCUT2D eigenvalue weighted by Crippen LogP contribution is 2.29. The van der Waals surface area contributed by atoms with Crippen LogP contribution in [0.25, 0.3) is 11.4 Å². The van der Waals surface area contributed by atoms with E-state index in [0.29, 0.717) is 18.3 Å². The number of benzene rings is 2. The van der Waals surface area contributed by atoms with E-state index in [1.54, 1.807) is 11.8 Å². The van der Waals surface area contributed by atoms with Gasteiger partial charge in [0.05, 0.1) is 5.92 Å². The number of hydrogen-bond donors (Lipinski definition) is 1. The fraction of sp³-hybridized carbons (Fsp3) is 0.273. The van der Waals surface area contributed by atoms with Gasteiger partial charge >= 0.3 is 0 Å². The van der Waals surface area contributed by atoms with Crippen LogP contribution in [0.5, 0.6) is 0 Å². The minimum Gasteiger partial charge on any atom is -0.339 e. The van der Waals surface area contributed by atoms with Crippen LogP contribution >= 0.6 is 0 Å². The molecule has 0 radical (unpaired) electrons. The first-order chi connectivity index (χ1) is 14.0. The van der Waals surface area contributed by atoms with Crippen molar-refractivity contribution < 1.29 is 14.1 Å². The van der Waals surface area contributed by atoms with Gasteiger partial charge in [-0.1, -0.05) is 36.3 Å². The average Bonchev–Trinajstić information content (AvgIpc) is 3.34. The summed E-state index contributed by atoms with van der Waals surface area (Å²) in [4.78, 5) is 31.2. The third-order valence-corrected chi connectivity index (χ3v) is 5.04. The fourth-order valence-corrected chi connectivity index (χ4v) is 3.48. The summed E-state index contributed by atoms with van der Waals surface area (Å²) in [7, 11) is 0. The highest BCUT2D eigenvalue weighted by Gasteiger charge is 2.35. The topological polar surface area (TPSA) is 88.3 Å². The van der Waals surface area contributed by atoms with Gasteiger partial charge in [0.25, 0.3) is 0 Å². The summed E-state index contributed by atoms with van der Waals surface area (Å²) in [6.45, 7) is 4.13. The molecule has 2 heterocycles. The molecule has 3 aromatic rings. The number of carbonyl (C=O) groups excluding carboxylic acids is 2. The Morgan fingerprint density at radius 2 is 2.07 bits per heavy atom. The molecule has 0 saturated carbocycles. The molecule has 7 nitrogen and oxygen atoms in total. The van der Waals surface area contributed by atoms with E-state index >= 15 is 0 Å². The molecule has 29 heavy (non-hydrogen) atoms. The maximum Gasteiger partial charge on any atom is 0.229 e. The summed E-state index contributed by atoms with van der Waals surface area (Å²) in [6.07, 6.45) is 1.08. The van der Waals surface area contributed by atoms with Gasteiger partial charge in [-0.3, -0.25) is 9.59 Å². The molecule has 0 aliphatic carbocycles. The summed E-state index contributed by atoms with van der Waals surface area (Å²) in [5, 5.41) is 6.86. The number of amides is 2. The molecule has 1 aromatic heterocycles. The van der Waals surface area contributed by atoms with E-state index in [-0.39, 0.29) is 18.2 Å². The first kappa shape index (κ1) is 18.9. The Morgan fingerprint density at radius 1 is 1.24 bits per heavy atom. The zero-order chi connectivity index (χ0) is 20.4. The van der Waals surface area contributed by atoms with Gasteiger partial charge in [-0.25, -0.2) is 0 Å². The Kier molecular flexibility index (Phi) is 5.12. The van der Waals surface area contributed by atoms with E-state index in [9.17, 15) is 9.59 Å². The van der Waals surface area contributed by atoms with Gasteiger partial charge in [0.1, 0.15) is 0 Å². The molecule has 1 aliphatic rings. The molecule has 1 fully saturated rings. The number of hydrogen-bond acceptors (Lipinski definition) is 5. The van der Waals surface area contributed by atoms with Crippen molar-refractivity contribution in [3.05, 3.63) is 60.0 Å². The Morgan fingerprint density at radius 3 is 2.83 bits per heavy atom. The van der Waals surface area contributed by atoms with Crippen LogP contribution in [-0.4, -0.2) is 28.5 Å². The molecule has 7 heteroatoms. The van der Waals surface area contributed by atoms with Crippen molar-refractivity contribution in [1.82, 2.24) is 10.1 Å². The largest absolute Gasteiger partial charge is 0.339 e. The lowest BCUT2D eigenvalue weighted by atomic mass is 10.1. The molecule has 1 saturated heterocycles. The van der Waals surface area contributed by atoms with E-state index in [2.05, 4.69) is 22.4 Å². The van der Waals surface area contributed by atoms with Gasteiger partial charge in [-0.05, 0) is 36.2 Å². The smallest absolute Gasteiger partial charge is 0.229 e. The number of nitrogens with one attached hydrogen (secondary N) is 1. The van der Waals surface area contributed by atoms with Crippen LogP contribution in [0.2, 0.25) is 0 Å². The molecule has 2 amide bonds. The Balaban J connectivity index is 1.48. The normalized spacial score (nSPS) is 16.3. The number of carbonyl (C=O) groups is 2. The SMILES string of the molecule is CCc1cccc(NC(=O)[C@H]2CC(=O)N(c3cccc(-c4noc(C)n4)c3)C2)c1. The molecular formula is C22H22N4O3. The lowest BCUT2D eigenvalue weighted by Crippen LogP contribution is -2.28. The van der Waals surface area contributed by atoms with Crippen molar-refractivity contribution in [2.75, 3.05) is 16.8 Å². The molecular weight excluding hydrogens is 368 g/mol. The molecule has 0 unspecified atom stereocenters. The molecule has 1 N–H and O–H groups in total. The third-order valence-electron chi connectivity index (χ3n) is 5.04. The maximum absolute atomic E-state index is 12.7. The van der Waals surface area contributed by atoms with Gasteiger partial charge in [0.15, 0.2) is 0 Å². The second kappa shape index (κ2) is 7.87. The Labute approximate surface area is 168 Å². The van der Waals surface area contributed by atoms with E-state index < -0.39 is 5.92 Å². The summed E-state index contributed by atoms with van der Waals surface area (Å²) in [5.41, 5.74) is 3.39. The fourth-order valence-electron chi connectivity index (χ4n) is 3.48. The van der Waals surface area contributed by atoms with Crippen LogP contribution < -0.4 is 10.2 Å². The molecule has 4 rings (SSSR count). The summed E-state index contributed by atoms with van der Waals surface area (Å²) >= 11 is 0. The standard InChI is InChI=1S/C22H22N4O3/c1-3-15-6-4-8-18(10-15)24-22(28)17-12-20(27)26(13-17)19-9-5-7-16(11-19)21-23-14(2)29-25-21/h4-11,17H,3,12-13H2,1-2H3,(H,24,28)/t17-/m0/s1. The van der Waals surface area contributed by atoms with Gasteiger partial charge in [0, 0.05) is 36.8 Å². The number of nitrogens with zero attached hydrogens (tertiary/aromatic N) is 3. The predicted molar refractivity (Wildman–Crippen MR) is 109 cm³/mol. The van der Waals surface area contributed by atoms with E-state index in [0.717, 1.165) is 28.9 Å². The minimum absolute atomic E-state index is 0.0751. The van der Waals surface area contributed by atoms with Crippen LogP contribution in [-0.2, 0) is 16.0 Å². The van der Waals surface area contributed by atoms with E-state index in [1.807, 2.05) is 48.5 Å². The molecule has 1 atom stereocenters. The van der Waals surface area contributed by atoms with Gasteiger partial charge in [-0.15, -0.1) is 0 Å². The monoisotopic (exact) mass is 390 g/mol. The van der Waals surface area contributed by atoms with Gasteiger partial charge in [0.2, 0.25) is 23.5 Å². The molecule has 148 valence electrons. The van der Waals surface area contributed by atoms with Gasteiger partial charge in [-0.2, -0.15) is 4.98 Å². The van der Waals surface area contributed by atoms with Crippen molar-refractivity contribution in [3.63, 3.8) is 0 Å². The lowest BCUT2D eigenvalue weighted by molar-refractivity contribution is -0.122. The van der Waals surface area contributed by atoms with Crippen LogP contribution in [0.3, 0.4) is 0 Å². The molecule has 0 spiro atoms. The summed E-state index contributed by atoms with van der Waals surface area (Å²) in [5.74, 6) is 0.337. The molecule has 0 bridgehead atoms. The predicted octanol–water partition coefficient (Wildman–Crippen LogP) is 3.60. The van der Waals surface area contributed by atoms with Crippen molar-refractivity contribution in [3.8, 4) is 11.4 Å². The minimum atomic E-state index is -0.399. The van der Waals surface area contributed by atoms with Crippen molar-refractivity contribution in [2.45, 2.75) is 26.7 Å². The average molecular weight is 390 g/mol. The number of anilines is 2. The maximum atomic E-state index is 12.7. The number of aromatic nitrogens is 2. The lowest BCUT2D eigenvalue weighted by Gasteiger charge is -2.17. The highest BCUT2D eigenvalue weighted by molar-refractivity contribution is 6.03. The third kappa shape index (κ3) is 4.03. The van der Waals surface area contributed by atoms with Crippen LogP contribution in [0.1, 0.15) is 24.8 Å². The van der Waals surface area contributed by atoms with Crippen molar-refractivity contribution >= 4 is 23.2 Å².